The summed E-state index contributed by atoms with van der Waals surface area (Å²) in [6.45, 7) is 5.77. The standard InChI is InChI=1S/C12H17N3O/c1-3-5-8-15-9-6-7-10(15)12-13-11(4-2)16-14-12/h10H,4,6-9H2,1-2H3. The summed E-state index contributed by atoms with van der Waals surface area (Å²) in [6.07, 6.45) is 3.09. The van der Waals surface area contributed by atoms with Gasteiger partial charge in [-0.25, -0.2) is 0 Å². The van der Waals surface area contributed by atoms with Crippen LogP contribution in [0.15, 0.2) is 4.52 Å². The van der Waals surface area contributed by atoms with E-state index in [4.69, 9.17) is 4.52 Å². The Morgan fingerprint density at radius 2 is 2.44 bits per heavy atom. The summed E-state index contributed by atoms with van der Waals surface area (Å²) in [7, 11) is 0. The number of aryl methyl sites for hydroxylation is 1. The van der Waals surface area contributed by atoms with E-state index in [1.54, 1.807) is 0 Å². The van der Waals surface area contributed by atoms with E-state index >= 15 is 0 Å². The van der Waals surface area contributed by atoms with Crippen LogP contribution in [0, 0.1) is 11.8 Å². The van der Waals surface area contributed by atoms with E-state index in [0.29, 0.717) is 6.04 Å². The number of likely N-dealkylation sites (tertiary alicyclic amines) is 1. The second-order valence-corrected chi connectivity index (χ2v) is 3.96. The van der Waals surface area contributed by atoms with E-state index < -0.39 is 0 Å². The van der Waals surface area contributed by atoms with Gasteiger partial charge >= 0.3 is 0 Å². The monoisotopic (exact) mass is 219 g/mol. The van der Waals surface area contributed by atoms with Crippen LogP contribution < -0.4 is 0 Å². The second-order valence-electron chi connectivity index (χ2n) is 3.96. The Labute approximate surface area is 96.0 Å². The summed E-state index contributed by atoms with van der Waals surface area (Å²) in [5.74, 6) is 7.58. The molecule has 2 heterocycles. The smallest absolute Gasteiger partial charge is 0.226 e. The number of hydrogen-bond donors (Lipinski definition) is 0. The summed E-state index contributed by atoms with van der Waals surface area (Å²) in [4.78, 5) is 6.72. The van der Waals surface area contributed by atoms with Gasteiger partial charge in [0.1, 0.15) is 0 Å². The molecule has 0 aliphatic carbocycles. The molecule has 16 heavy (non-hydrogen) atoms. The molecule has 0 aromatic carbocycles. The van der Waals surface area contributed by atoms with Crippen LogP contribution >= 0.6 is 0 Å². The van der Waals surface area contributed by atoms with Crippen molar-refractivity contribution in [2.45, 2.75) is 39.2 Å². The Balaban J connectivity index is 2.08. The quantitative estimate of drug-likeness (QED) is 0.727. The average molecular weight is 219 g/mol. The van der Waals surface area contributed by atoms with Crippen LogP contribution in [0.25, 0.3) is 0 Å². The van der Waals surface area contributed by atoms with Crippen LogP contribution in [0.5, 0.6) is 0 Å². The van der Waals surface area contributed by atoms with Gasteiger partial charge in [0.15, 0.2) is 5.82 Å². The van der Waals surface area contributed by atoms with Gasteiger partial charge in [-0.3, -0.25) is 4.90 Å². The lowest BCUT2D eigenvalue weighted by Crippen LogP contribution is -2.24. The third-order valence-electron chi connectivity index (χ3n) is 2.91. The van der Waals surface area contributed by atoms with Crippen LogP contribution in [0.2, 0.25) is 0 Å². The van der Waals surface area contributed by atoms with Crippen molar-refractivity contribution < 1.29 is 4.52 Å². The highest BCUT2D eigenvalue weighted by atomic mass is 16.5. The Morgan fingerprint density at radius 3 is 3.12 bits per heavy atom. The zero-order chi connectivity index (χ0) is 11.4. The number of rotatable bonds is 3. The Kier molecular flexibility index (Phi) is 3.58. The van der Waals surface area contributed by atoms with E-state index in [1.807, 2.05) is 13.8 Å². The predicted octanol–water partition coefficient (Wildman–Crippen LogP) is 1.79. The predicted molar refractivity (Wildman–Crippen MR) is 60.7 cm³/mol. The third-order valence-corrected chi connectivity index (χ3v) is 2.91. The Bertz CT molecular complexity index is 402. The van der Waals surface area contributed by atoms with Crippen molar-refractivity contribution in [2.75, 3.05) is 13.1 Å². The molecule has 1 aliphatic heterocycles. The molecule has 0 spiro atoms. The highest BCUT2D eigenvalue weighted by molar-refractivity contribution is 5.04. The summed E-state index contributed by atoms with van der Waals surface area (Å²) in [5, 5.41) is 4.05. The second kappa shape index (κ2) is 5.13. The zero-order valence-electron chi connectivity index (χ0n) is 9.86. The molecule has 1 aromatic heterocycles. The van der Waals surface area contributed by atoms with Gasteiger partial charge in [0.05, 0.1) is 12.6 Å². The van der Waals surface area contributed by atoms with Gasteiger partial charge in [0, 0.05) is 6.42 Å². The topological polar surface area (TPSA) is 42.2 Å². The number of nitrogens with zero attached hydrogens (tertiary/aromatic N) is 3. The van der Waals surface area contributed by atoms with Crippen molar-refractivity contribution in [3.8, 4) is 11.8 Å². The van der Waals surface area contributed by atoms with Crippen LogP contribution in [-0.4, -0.2) is 28.1 Å². The molecule has 86 valence electrons. The molecule has 0 saturated carbocycles. The van der Waals surface area contributed by atoms with Crippen molar-refractivity contribution in [3.05, 3.63) is 11.7 Å². The fourth-order valence-electron chi connectivity index (χ4n) is 2.04. The van der Waals surface area contributed by atoms with Crippen LogP contribution in [-0.2, 0) is 6.42 Å². The zero-order valence-corrected chi connectivity index (χ0v) is 9.86. The molecule has 4 heteroatoms. The van der Waals surface area contributed by atoms with Crippen molar-refractivity contribution in [1.82, 2.24) is 15.0 Å². The molecule has 1 fully saturated rings. The lowest BCUT2D eigenvalue weighted by Gasteiger charge is -2.18. The SMILES string of the molecule is CC#CCN1CCCC1c1noc(CC)n1. The molecule has 0 radical (unpaired) electrons. The lowest BCUT2D eigenvalue weighted by molar-refractivity contribution is 0.270. The Hall–Kier alpha value is -1.34. The van der Waals surface area contributed by atoms with Crippen molar-refractivity contribution in [2.24, 2.45) is 0 Å². The van der Waals surface area contributed by atoms with E-state index in [0.717, 1.165) is 37.6 Å². The van der Waals surface area contributed by atoms with E-state index in [1.165, 1.54) is 6.42 Å². The van der Waals surface area contributed by atoms with Gasteiger partial charge < -0.3 is 4.52 Å². The molecule has 0 N–H and O–H groups in total. The van der Waals surface area contributed by atoms with Crippen LogP contribution in [0.1, 0.15) is 44.4 Å². The highest BCUT2D eigenvalue weighted by Gasteiger charge is 2.29. The summed E-state index contributed by atoms with van der Waals surface area (Å²) in [6, 6.07) is 0.296. The molecule has 1 aliphatic rings. The van der Waals surface area contributed by atoms with E-state index in [-0.39, 0.29) is 0 Å². The van der Waals surface area contributed by atoms with Gasteiger partial charge in [0.2, 0.25) is 5.89 Å². The third kappa shape index (κ3) is 2.25. The van der Waals surface area contributed by atoms with Gasteiger partial charge in [-0.1, -0.05) is 18.0 Å². The molecule has 1 unspecified atom stereocenters. The fourth-order valence-corrected chi connectivity index (χ4v) is 2.04. The van der Waals surface area contributed by atoms with Crippen LogP contribution in [0.4, 0.5) is 0 Å². The molecular formula is C12H17N3O. The highest BCUT2D eigenvalue weighted by Crippen LogP contribution is 2.29. The number of aromatic nitrogens is 2. The van der Waals surface area contributed by atoms with Gasteiger partial charge in [-0.15, -0.1) is 5.92 Å². The molecule has 0 amide bonds. The van der Waals surface area contributed by atoms with Crippen molar-refractivity contribution in [1.29, 1.82) is 0 Å². The van der Waals surface area contributed by atoms with Crippen molar-refractivity contribution >= 4 is 0 Å². The van der Waals surface area contributed by atoms with Crippen LogP contribution in [0.3, 0.4) is 0 Å². The minimum Gasteiger partial charge on any atom is -0.339 e. The summed E-state index contributed by atoms with van der Waals surface area (Å²) in [5.41, 5.74) is 0. The molecule has 0 bridgehead atoms. The lowest BCUT2D eigenvalue weighted by atomic mass is 10.2. The largest absolute Gasteiger partial charge is 0.339 e. The molecule has 4 nitrogen and oxygen atoms in total. The minimum atomic E-state index is 0.296. The Morgan fingerprint density at radius 1 is 1.56 bits per heavy atom. The maximum absolute atomic E-state index is 5.16. The normalized spacial score (nSPS) is 20.8. The van der Waals surface area contributed by atoms with Gasteiger partial charge in [-0.05, 0) is 26.3 Å². The van der Waals surface area contributed by atoms with E-state index in [9.17, 15) is 0 Å². The first-order chi connectivity index (χ1) is 7.85. The average Bonchev–Trinajstić information content (AvgIpc) is 2.94. The molecule has 1 saturated heterocycles. The van der Waals surface area contributed by atoms with Gasteiger partial charge in [0.25, 0.3) is 0 Å². The van der Waals surface area contributed by atoms with Crippen molar-refractivity contribution in [3.63, 3.8) is 0 Å². The first kappa shape index (κ1) is 11.2. The maximum Gasteiger partial charge on any atom is 0.226 e. The first-order valence-electron chi connectivity index (χ1n) is 5.81. The molecule has 1 aromatic rings. The fraction of sp³-hybridized carbons (Fsp3) is 0.667. The summed E-state index contributed by atoms with van der Waals surface area (Å²) < 4.78 is 5.16. The number of hydrogen-bond acceptors (Lipinski definition) is 4. The molecule has 2 rings (SSSR count). The summed E-state index contributed by atoms with van der Waals surface area (Å²) >= 11 is 0. The van der Waals surface area contributed by atoms with Gasteiger partial charge in [-0.2, -0.15) is 4.98 Å². The first-order valence-corrected chi connectivity index (χ1v) is 5.81. The van der Waals surface area contributed by atoms with E-state index in [2.05, 4.69) is 26.9 Å². The maximum atomic E-state index is 5.16. The minimum absolute atomic E-state index is 0.296. The molecular weight excluding hydrogens is 202 g/mol. The molecule has 1 atom stereocenters.